The van der Waals surface area contributed by atoms with Gasteiger partial charge in [0.15, 0.2) is 0 Å². The van der Waals surface area contributed by atoms with Gasteiger partial charge in [-0.25, -0.2) is 9.69 Å². The Bertz CT molecular complexity index is 463. The Morgan fingerprint density at radius 1 is 1.20 bits per heavy atom. The van der Waals surface area contributed by atoms with Gasteiger partial charge in [0.05, 0.1) is 0 Å². The van der Waals surface area contributed by atoms with E-state index in [1.54, 1.807) is 0 Å². The standard InChI is InChI=1S/C13H19N3O4/c1-8-5-3-4-6-9(8)16-12(19)11(18)15(13(16)20)7-10(17)14-2/h8-9H,3-7H2,1-2H3,(H,14,17)/t8-,9+/m1/s1. The topological polar surface area (TPSA) is 86.8 Å². The number of carbonyl (C=O) groups excluding carboxylic acids is 4. The number of imide groups is 2. The minimum Gasteiger partial charge on any atom is -0.358 e. The van der Waals surface area contributed by atoms with E-state index in [1.807, 2.05) is 6.92 Å². The molecule has 1 saturated heterocycles. The molecule has 2 rings (SSSR count). The van der Waals surface area contributed by atoms with Crippen molar-refractivity contribution in [3.8, 4) is 0 Å². The first kappa shape index (κ1) is 14.5. The van der Waals surface area contributed by atoms with Gasteiger partial charge in [0, 0.05) is 13.1 Å². The summed E-state index contributed by atoms with van der Waals surface area (Å²) in [6.07, 6.45) is 3.67. The second kappa shape index (κ2) is 5.60. The van der Waals surface area contributed by atoms with E-state index >= 15 is 0 Å². The lowest BCUT2D eigenvalue weighted by molar-refractivity contribution is -0.145. The van der Waals surface area contributed by atoms with E-state index in [0.29, 0.717) is 0 Å². The van der Waals surface area contributed by atoms with Crippen molar-refractivity contribution in [2.75, 3.05) is 13.6 Å². The summed E-state index contributed by atoms with van der Waals surface area (Å²) in [5.74, 6) is -2.00. The third kappa shape index (κ3) is 2.39. The first-order chi connectivity index (χ1) is 9.47. The number of nitrogens with one attached hydrogen (secondary N) is 1. The van der Waals surface area contributed by atoms with Crippen molar-refractivity contribution in [3.05, 3.63) is 0 Å². The first-order valence-corrected chi connectivity index (χ1v) is 6.87. The van der Waals surface area contributed by atoms with Crippen LogP contribution in [0.2, 0.25) is 0 Å². The SMILES string of the molecule is CNC(=O)CN1C(=O)C(=O)N([C@H]2CCCC[C@H]2C)C1=O. The molecule has 0 aromatic carbocycles. The van der Waals surface area contributed by atoms with Gasteiger partial charge in [-0.1, -0.05) is 19.8 Å². The number of carbonyl (C=O) groups is 4. The van der Waals surface area contributed by atoms with Gasteiger partial charge in [-0.15, -0.1) is 0 Å². The van der Waals surface area contributed by atoms with Gasteiger partial charge in [-0.3, -0.25) is 19.3 Å². The van der Waals surface area contributed by atoms with Crippen LogP contribution in [0.15, 0.2) is 0 Å². The van der Waals surface area contributed by atoms with Crippen LogP contribution in [-0.4, -0.2) is 53.2 Å². The fourth-order valence-electron chi connectivity index (χ4n) is 2.86. The Morgan fingerprint density at radius 2 is 1.85 bits per heavy atom. The monoisotopic (exact) mass is 281 g/mol. The summed E-state index contributed by atoms with van der Waals surface area (Å²) in [4.78, 5) is 49.2. The maximum atomic E-state index is 12.3. The molecule has 1 aliphatic heterocycles. The highest BCUT2D eigenvalue weighted by Gasteiger charge is 2.49. The lowest BCUT2D eigenvalue weighted by atomic mass is 9.85. The summed E-state index contributed by atoms with van der Waals surface area (Å²) < 4.78 is 0. The average Bonchev–Trinajstić information content (AvgIpc) is 2.64. The lowest BCUT2D eigenvalue weighted by Gasteiger charge is -2.34. The zero-order valence-electron chi connectivity index (χ0n) is 11.7. The summed E-state index contributed by atoms with van der Waals surface area (Å²) in [5, 5.41) is 2.34. The fraction of sp³-hybridized carbons (Fsp3) is 0.692. The lowest BCUT2D eigenvalue weighted by Crippen LogP contribution is -2.46. The largest absolute Gasteiger partial charge is 0.358 e. The van der Waals surface area contributed by atoms with Gasteiger partial charge in [0.1, 0.15) is 6.54 Å². The molecule has 20 heavy (non-hydrogen) atoms. The van der Waals surface area contributed by atoms with Gasteiger partial charge in [0.25, 0.3) is 0 Å². The Balaban J connectivity index is 2.18. The molecule has 5 amide bonds. The molecule has 1 N–H and O–H groups in total. The van der Waals surface area contributed by atoms with Gasteiger partial charge in [-0.05, 0) is 18.8 Å². The van der Waals surface area contributed by atoms with Gasteiger partial charge < -0.3 is 5.32 Å². The number of urea groups is 1. The van der Waals surface area contributed by atoms with Crippen LogP contribution in [0.3, 0.4) is 0 Å². The van der Waals surface area contributed by atoms with Crippen molar-refractivity contribution in [2.24, 2.45) is 5.92 Å². The Hall–Kier alpha value is -1.92. The summed E-state index contributed by atoms with van der Waals surface area (Å²) in [6, 6.07) is -0.898. The molecule has 7 heteroatoms. The van der Waals surface area contributed by atoms with Crippen molar-refractivity contribution in [3.63, 3.8) is 0 Å². The number of nitrogens with zero attached hydrogens (tertiary/aromatic N) is 2. The molecule has 0 bridgehead atoms. The quantitative estimate of drug-likeness (QED) is 0.587. The van der Waals surface area contributed by atoms with Crippen molar-refractivity contribution in [1.82, 2.24) is 15.1 Å². The van der Waals surface area contributed by atoms with Crippen LogP contribution in [0, 0.1) is 5.92 Å². The van der Waals surface area contributed by atoms with E-state index in [4.69, 9.17) is 0 Å². The van der Waals surface area contributed by atoms with Crippen molar-refractivity contribution in [2.45, 2.75) is 38.6 Å². The van der Waals surface area contributed by atoms with Crippen LogP contribution >= 0.6 is 0 Å². The van der Waals surface area contributed by atoms with Crippen molar-refractivity contribution in [1.29, 1.82) is 0 Å². The molecule has 0 unspecified atom stereocenters. The van der Waals surface area contributed by atoms with Crippen LogP contribution in [0.25, 0.3) is 0 Å². The van der Waals surface area contributed by atoms with Crippen LogP contribution in [-0.2, 0) is 14.4 Å². The fourth-order valence-corrected chi connectivity index (χ4v) is 2.86. The molecular weight excluding hydrogens is 262 g/mol. The smallest absolute Gasteiger partial charge is 0.334 e. The predicted octanol–water partition coefficient (Wildman–Crippen LogP) is 0.102. The van der Waals surface area contributed by atoms with Crippen LogP contribution < -0.4 is 5.32 Å². The molecule has 0 radical (unpaired) electrons. The second-order valence-corrected chi connectivity index (χ2v) is 5.35. The minimum atomic E-state index is -0.906. The number of amides is 5. The summed E-state index contributed by atoms with van der Waals surface area (Å²) in [5.41, 5.74) is 0. The number of hydrogen-bond donors (Lipinski definition) is 1. The zero-order chi connectivity index (χ0) is 14.9. The molecular formula is C13H19N3O4. The van der Waals surface area contributed by atoms with E-state index in [2.05, 4.69) is 5.32 Å². The third-order valence-electron chi connectivity index (χ3n) is 4.06. The number of likely N-dealkylation sites (N-methyl/N-ethyl adjacent to an activating group) is 1. The number of hydrogen-bond acceptors (Lipinski definition) is 4. The molecule has 1 aliphatic carbocycles. The first-order valence-electron chi connectivity index (χ1n) is 6.87. The van der Waals surface area contributed by atoms with Gasteiger partial charge in [-0.2, -0.15) is 0 Å². The molecule has 2 aliphatic rings. The molecule has 110 valence electrons. The van der Waals surface area contributed by atoms with Gasteiger partial charge >= 0.3 is 17.8 Å². The van der Waals surface area contributed by atoms with Crippen LogP contribution in [0.4, 0.5) is 4.79 Å². The Morgan fingerprint density at radius 3 is 2.45 bits per heavy atom. The van der Waals surface area contributed by atoms with Crippen LogP contribution in [0.5, 0.6) is 0 Å². The predicted molar refractivity (Wildman–Crippen MR) is 69.4 cm³/mol. The molecule has 0 aromatic rings. The van der Waals surface area contributed by atoms with E-state index in [1.165, 1.54) is 7.05 Å². The molecule has 2 atom stereocenters. The molecule has 1 saturated carbocycles. The highest BCUT2D eigenvalue weighted by molar-refractivity contribution is 6.45. The van der Waals surface area contributed by atoms with E-state index in [0.717, 1.165) is 35.5 Å². The Labute approximate surface area is 117 Å². The maximum absolute atomic E-state index is 12.3. The minimum absolute atomic E-state index is 0.185. The van der Waals surface area contributed by atoms with Crippen molar-refractivity contribution >= 4 is 23.8 Å². The normalized spacial score (nSPS) is 27.2. The summed E-state index contributed by atoms with van der Waals surface area (Å²) in [7, 11) is 1.41. The van der Waals surface area contributed by atoms with Gasteiger partial charge in [0.2, 0.25) is 5.91 Å². The highest BCUT2D eigenvalue weighted by Crippen LogP contribution is 2.31. The molecule has 1 heterocycles. The highest BCUT2D eigenvalue weighted by atomic mass is 16.2. The second-order valence-electron chi connectivity index (χ2n) is 5.35. The molecule has 0 aromatic heterocycles. The van der Waals surface area contributed by atoms with Crippen LogP contribution in [0.1, 0.15) is 32.6 Å². The van der Waals surface area contributed by atoms with Crippen molar-refractivity contribution < 1.29 is 19.2 Å². The molecule has 0 spiro atoms. The third-order valence-corrected chi connectivity index (χ3v) is 4.06. The van der Waals surface area contributed by atoms with E-state index < -0.39 is 30.3 Å². The molecule has 2 fully saturated rings. The average molecular weight is 281 g/mol. The number of rotatable bonds is 3. The molecule has 7 nitrogen and oxygen atoms in total. The maximum Gasteiger partial charge on any atom is 0.334 e. The van der Waals surface area contributed by atoms with E-state index in [9.17, 15) is 19.2 Å². The Kier molecular flexibility index (Phi) is 4.06. The summed E-state index contributed by atoms with van der Waals surface area (Å²) >= 11 is 0. The van der Waals surface area contributed by atoms with E-state index in [-0.39, 0.29) is 12.0 Å². The summed E-state index contributed by atoms with van der Waals surface area (Å²) in [6.45, 7) is 1.58. The zero-order valence-corrected chi connectivity index (χ0v) is 11.7.